The molecule has 0 saturated carbocycles. The van der Waals surface area contributed by atoms with Crippen molar-refractivity contribution in [1.29, 1.82) is 5.26 Å². The third kappa shape index (κ3) is 3.10. The zero-order chi connectivity index (χ0) is 11.3. The van der Waals surface area contributed by atoms with Gasteiger partial charge in [-0.2, -0.15) is 5.26 Å². The number of nitriles is 1. The monoisotopic (exact) mass is 226 g/mol. The van der Waals surface area contributed by atoms with Crippen molar-refractivity contribution in [3.63, 3.8) is 0 Å². The van der Waals surface area contributed by atoms with E-state index in [2.05, 4.69) is 5.32 Å². The molecule has 3 N–H and O–H groups in total. The van der Waals surface area contributed by atoms with E-state index in [0.29, 0.717) is 16.3 Å². The lowest BCUT2D eigenvalue weighted by atomic mass is 10.2. The molecule has 0 radical (unpaired) electrons. The molecule has 0 atom stereocenters. The molecular formula is C10H11ClN2O2. The summed E-state index contributed by atoms with van der Waals surface area (Å²) in [6.07, 6.45) is 0. The third-order valence-corrected chi connectivity index (χ3v) is 2.21. The Hall–Kier alpha value is -1.28. The van der Waals surface area contributed by atoms with Gasteiger partial charge in [0.1, 0.15) is 0 Å². The molecule has 1 rings (SSSR count). The SMILES string of the molecule is N#Cc1ccc(NC(CO)CO)c(Cl)c1. The number of halogens is 1. The van der Waals surface area contributed by atoms with Crippen LogP contribution >= 0.6 is 11.6 Å². The van der Waals surface area contributed by atoms with E-state index < -0.39 is 6.04 Å². The van der Waals surface area contributed by atoms with E-state index in [1.165, 1.54) is 6.07 Å². The van der Waals surface area contributed by atoms with Crippen LogP contribution in [0, 0.1) is 11.3 Å². The van der Waals surface area contributed by atoms with E-state index in [-0.39, 0.29) is 13.2 Å². The normalized spacial score (nSPS) is 10.1. The van der Waals surface area contributed by atoms with Crippen LogP contribution in [0.5, 0.6) is 0 Å². The van der Waals surface area contributed by atoms with Crippen molar-refractivity contribution < 1.29 is 10.2 Å². The summed E-state index contributed by atoms with van der Waals surface area (Å²) >= 11 is 5.89. The fourth-order valence-electron chi connectivity index (χ4n) is 1.07. The quantitative estimate of drug-likeness (QED) is 0.715. The van der Waals surface area contributed by atoms with Gasteiger partial charge in [0.05, 0.1) is 41.6 Å². The molecule has 0 aromatic heterocycles. The Morgan fingerprint density at radius 2 is 2.07 bits per heavy atom. The number of aliphatic hydroxyl groups is 2. The first-order valence-corrected chi connectivity index (χ1v) is 4.77. The molecule has 0 unspecified atom stereocenters. The fourth-order valence-corrected chi connectivity index (χ4v) is 1.31. The van der Waals surface area contributed by atoms with Crippen LogP contribution in [0.2, 0.25) is 5.02 Å². The summed E-state index contributed by atoms with van der Waals surface area (Å²) in [4.78, 5) is 0. The smallest absolute Gasteiger partial charge is 0.0992 e. The second kappa shape index (κ2) is 5.56. The number of nitrogens with one attached hydrogen (secondary N) is 1. The summed E-state index contributed by atoms with van der Waals surface area (Å²) in [5.74, 6) is 0. The van der Waals surface area contributed by atoms with Gasteiger partial charge in [0.2, 0.25) is 0 Å². The van der Waals surface area contributed by atoms with Crippen LogP contribution in [0.15, 0.2) is 18.2 Å². The minimum atomic E-state index is -0.449. The van der Waals surface area contributed by atoms with Gasteiger partial charge in [0.25, 0.3) is 0 Å². The van der Waals surface area contributed by atoms with E-state index >= 15 is 0 Å². The van der Waals surface area contributed by atoms with Gasteiger partial charge >= 0.3 is 0 Å². The molecule has 0 amide bonds. The first-order chi connectivity index (χ1) is 7.21. The molecule has 1 aromatic carbocycles. The molecule has 5 heteroatoms. The maximum atomic E-state index is 8.86. The van der Waals surface area contributed by atoms with Gasteiger partial charge in [0, 0.05) is 0 Å². The van der Waals surface area contributed by atoms with Crippen LogP contribution < -0.4 is 5.32 Å². The fraction of sp³-hybridized carbons (Fsp3) is 0.300. The van der Waals surface area contributed by atoms with Gasteiger partial charge in [-0.15, -0.1) is 0 Å². The Balaban J connectivity index is 2.83. The zero-order valence-electron chi connectivity index (χ0n) is 7.94. The molecule has 0 spiro atoms. The van der Waals surface area contributed by atoms with Gasteiger partial charge in [-0.1, -0.05) is 11.6 Å². The van der Waals surface area contributed by atoms with E-state index in [0.717, 1.165) is 0 Å². The number of hydrogen-bond acceptors (Lipinski definition) is 4. The van der Waals surface area contributed by atoms with Crippen molar-refractivity contribution in [1.82, 2.24) is 0 Å². The number of aliphatic hydroxyl groups excluding tert-OH is 2. The summed E-state index contributed by atoms with van der Waals surface area (Å²) in [6.45, 7) is -0.375. The van der Waals surface area contributed by atoms with E-state index in [1.54, 1.807) is 12.1 Å². The average Bonchev–Trinajstić information content (AvgIpc) is 2.27. The lowest BCUT2D eigenvalue weighted by Crippen LogP contribution is -2.27. The number of anilines is 1. The van der Waals surface area contributed by atoms with Crippen LogP contribution in [0.4, 0.5) is 5.69 Å². The Morgan fingerprint density at radius 3 is 2.53 bits per heavy atom. The highest BCUT2D eigenvalue weighted by atomic mass is 35.5. The zero-order valence-corrected chi connectivity index (χ0v) is 8.70. The molecule has 0 saturated heterocycles. The molecular weight excluding hydrogens is 216 g/mol. The Labute approximate surface area is 92.7 Å². The van der Waals surface area contributed by atoms with Crippen molar-refractivity contribution in [2.24, 2.45) is 0 Å². The largest absolute Gasteiger partial charge is 0.394 e. The van der Waals surface area contributed by atoms with Gasteiger partial charge in [-0.25, -0.2) is 0 Å². The van der Waals surface area contributed by atoms with Crippen molar-refractivity contribution in [2.75, 3.05) is 18.5 Å². The minimum Gasteiger partial charge on any atom is -0.394 e. The summed E-state index contributed by atoms with van der Waals surface area (Å²) < 4.78 is 0. The molecule has 1 aromatic rings. The van der Waals surface area contributed by atoms with Crippen molar-refractivity contribution in [3.05, 3.63) is 28.8 Å². The number of nitrogens with zero attached hydrogens (tertiary/aromatic N) is 1. The first-order valence-electron chi connectivity index (χ1n) is 4.39. The van der Waals surface area contributed by atoms with Gasteiger partial charge in [-0.3, -0.25) is 0 Å². The minimum absolute atomic E-state index is 0.188. The van der Waals surface area contributed by atoms with Crippen LogP contribution in [0.25, 0.3) is 0 Å². The number of benzene rings is 1. The van der Waals surface area contributed by atoms with Crippen molar-refractivity contribution in [3.8, 4) is 6.07 Å². The summed E-state index contributed by atoms with van der Waals surface area (Å²) in [5.41, 5.74) is 1.05. The molecule has 0 bridgehead atoms. The number of hydrogen-bond donors (Lipinski definition) is 3. The lowest BCUT2D eigenvalue weighted by Gasteiger charge is -2.15. The second-order valence-corrected chi connectivity index (χ2v) is 3.42. The van der Waals surface area contributed by atoms with E-state index in [4.69, 9.17) is 27.1 Å². The lowest BCUT2D eigenvalue weighted by molar-refractivity contribution is 0.204. The Bertz CT molecular complexity index is 372. The number of rotatable bonds is 4. The molecule has 0 aliphatic carbocycles. The Kier molecular flexibility index (Phi) is 4.37. The molecule has 80 valence electrons. The van der Waals surface area contributed by atoms with Gasteiger partial charge in [0.15, 0.2) is 0 Å². The summed E-state index contributed by atoms with van der Waals surface area (Å²) in [5, 5.41) is 29.6. The third-order valence-electron chi connectivity index (χ3n) is 1.90. The summed E-state index contributed by atoms with van der Waals surface area (Å²) in [7, 11) is 0. The molecule has 0 heterocycles. The Morgan fingerprint density at radius 1 is 1.40 bits per heavy atom. The highest BCUT2D eigenvalue weighted by Gasteiger charge is 2.08. The highest BCUT2D eigenvalue weighted by Crippen LogP contribution is 2.23. The molecule has 0 aliphatic rings. The average molecular weight is 227 g/mol. The van der Waals surface area contributed by atoms with Crippen LogP contribution in [-0.2, 0) is 0 Å². The van der Waals surface area contributed by atoms with Crippen LogP contribution in [0.1, 0.15) is 5.56 Å². The maximum Gasteiger partial charge on any atom is 0.0992 e. The van der Waals surface area contributed by atoms with E-state index in [1.807, 2.05) is 6.07 Å². The van der Waals surface area contributed by atoms with Crippen LogP contribution in [-0.4, -0.2) is 29.5 Å². The first kappa shape index (κ1) is 11.8. The summed E-state index contributed by atoms with van der Waals surface area (Å²) in [6, 6.07) is 6.29. The van der Waals surface area contributed by atoms with Gasteiger partial charge < -0.3 is 15.5 Å². The van der Waals surface area contributed by atoms with Crippen molar-refractivity contribution >= 4 is 17.3 Å². The maximum absolute atomic E-state index is 8.86. The standard InChI is InChI=1S/C10H11ClN2O2/c11-9-3-7(4-12)1-2-10(9)13-8(5-14)6-15/h1-3,8,13-15H,5-6H2. The van der Waals surface area contributed by atoms with Crippen molar-refractivity contribution in [2.45, 2.75) is 6.04 Å². The molecule has 0 fully saturated rings. The highest BCUT2D eigenvalue weighted by molar-refractivity contribution is 6.33. The second-order valence-electron chi connectivity index (χ2n) is 3.01. The molecule has 15 heavy (non-hydrogen) atoms. The van der Waals surface area contributed by atoms with Gasteiger partial charge in [-0.05, 0) is 18.2 Å². The van der Waals surface area contributed by atoms with E-state index in [9.17, 15) is 0 Å². The predicted molar refractivity (Wildman–Crippen MR) is 57.7 cm³/mol. The molecule has 4 nitrogen and oxygen atoms in total. The van der Waals surface area contributed by atoms with Crippen LogP contribution in [0.3, 0.4) is 0 Å². The topological polar surface area (TPSA) is 76.3 Å². The predicted octanol–water partition coefficient (Wildman–Crippen LogP) is 0.977. The molecule has 0 aliphatic heterocycles.